The van der Waals surface area contributed by atoms with Gasteiger partial charge in [-0.25, -0.2) is 0 Å². The summed E-state index contributed by atoms with van der Waals surface area (Å²) in [5.74, 6) is -0.0812. The van der Waals surface area contributed by atoms with Crippen molar-refractivity contribution in [1.29, 1.82) is 0 Å². The molecule has 3 nitrogen and oxygen atoms in total. The minimum Gasteiger partial charge on any atom is -0.319 e. The third-order valence-electron chi connectivity index (χ3n) is 2.86. The number of rotatable bonds is 0. The van der Waals surface area contributed by atoms with Crippen molar-refractivity contribution >= 4 is 27.5 Å². The van der Waals surface area contributed by atoms with Gasteiger partial charge >= 0.3 is 0 Å². The molecule has 4 heteroatoms. The Morgan fingerprint density at radius 1 is 1.33 bits per heavy atom. The topological polar surface area (TPSA) is 34.4 Å². The smallest absolute Gasteiger partial charge is 0.253 e. The average molecular weight is 262 g/mol. The fraction of sp³-hybridized carbons (Fsp3) is 0.429. The quantitative estimate of drug-likeness (QED) is 0.718. The molecule has 0 aliphatic carbocycles. The van der Waals surface area contributed by atoms with Crippen LogP contribution in [0, 0.1) is 12.3 Å². The van der Waals surface area contributed by atoms with Crippen LogP contribution in [0.1, 0.15) is 26.3 Å². The SMILES string of the molecule is Cc1cccc2sc(=NC(=O)C(C)(C)C)n(C)c12. The van der Waals surface area contributed by atoms with Crippen LogP contribution in [-0.4, -0.2) is 10.5 Å². The molecule has 0 atom stereocenters. The van der Waals surface area contributed by atoms with Crippen molar-refractivity contribution in [3.05, 3.63) is 28.6 Å². The third-order valence-corrected chi connectivity index (χ3v) is 3.96. The van der Waals surface area contributed by atoms with Crippen LogP contribution in [0.25, 0.3) is 10.2 Å². The molecule has 0 saturated heterocycles. The van der Waals surface area contributed by atoms with Crippen LogP contribution < -0.4 is 4.80 Å². The molecule has 2 aromatic rings. The highest BCUT2D eigenvalue weighted by Crippen LogP contribution is 2.20. The van der Waals surface area contributed by atoms with Crippen molar-refractivity contribution in [2.24, 2.45) is 17.5 Å². The zero-order valence-corrected chi connectivity index (χ0v) is 12.3. The van der Waals surface area contributed by atoms with E-state index in [9.17, 15) is 4.79 Å². The number of fused-ring (bicyclic) bond motifs is 1. The highest BCUT2D eigenvalue weighted by Gasteiger charge is 2.20. The number of aromatic nitrogens is 1. The normalized spacial score (nSPS) is 13.3. The van der Waals surface area contributed by atoms with E-state index in [1.54, 1.807) is 11.3 Å². The number of carbonyl (C=O) groups is 1. The number of hydrogen-bond donors (Lipinski definition) is 0. The predicted octanol–water partition coefficient (Wildman–Crippen LogP) is 3.02. The highest BCUT2D eigenvalue weighted by atomic mass is 32.1. The summed E-state index contributed by atoms with van der Waals surface area (Å²) < 4.78 is 3.16. The Morgan fingerprint density at radius 3 is 2.56 bits per heavy atom. The van der Waals surface area contributed by atoms with Crippen molar-refractivity contribution in [3.8, 4) is 0 Å². The van der Waals surface area contributed by atoms with Gasteiger partial charge in [0.2, 0.25) is 0 Å². The first-order chi connectivity index (χ1) is 8.30. The number of carbonyl (C=O) groups excluding carboxylic acids is 1. The minimum atomic E-state index is -0.432. The van der Waals surface area contributed by atoms with Gasteiger partial charge < -0.3 is 4.57 Å². The fourth-order valence-corrected chi connectivity index (χ4v) is 2.85. The zero-order chi connectivity index (χ0) is 13.5. The Kier molecular flexibility index (Phi) is 3.15. The first kappa shape index (κ1) is 13.0. The van der Waals surface area contributed by atoms with Gasteiger partial charge in [-0.15, -0.1) is 0 Å². The monoisotopic (exact) mass is 262 g/mol. The lowest BCUT2D eigenvalue weighted by Crippen LogP contribution is -2.22. The van der Waals surface area contributed by atoms with Crippen LogP contribution in [0.5, 0.6) is 0 Å². The van der Waals surface area contributed by atoms with E-state index in [0.717, 1.165) is 15.0 Å². The minimum absolute atomic E-state index is 0.0812. The molecule has 0 spiro atoms. The van der Waals surface area contributed by atoms with Crippen LogP contribution >= 0.6 is 11.3 Å². The number of hydrogen-bond acceptors (Lipinski definition) is 2. The number of amides is 1. The molecule has 0 aliphatic heterocycles. The van der Waals surface area contributed by atoms with Gasteiger partial charge in [-0.2, -0.15) is 4.99 Å². The Hall–Kier alpha value is -1.42. The lowest BCUT2D eigenvalue weighted by Gasteiger charge is -2.11. The van der Waals surface area contributed by atoms with Crippen molar-refractivity contribution < 1.29 is 4.79 Å². The number of nitrogens with zero attached hydrogens (tertiary/aromatic N) is 2. The van der Waals surface area contributed by atoms with Crippen LogP contribution in [0.15, 0.2) is 23.2 Å². The Balaban J connectivity index is 2.67. The lowest BCUT2D eigenvalue weighted by atomic mass is 9.96. The van der Waals surface area contributed by atoms with Gasteiger partial charge in [0.25, 0.3) is 5.91 Å². The molecule has 1 aromatic heterocycles. The Labute approximate surface area is 111 Å². The maximum atomic E-state index is 12.0. The molecule has 0 N–H and O–H groups in total. The molecule has 0 unspecified atom stereocenters. The van der Waals surface area contributed by atoms with E-state index in [-0.39, 0.29) is 5.91 Å². The summed E-state index contributed by atoms with van der Waals surface area (Å²) >= 11 is 1.56. The van der Waals surface area contributed by atoms with E-state index in [4.69, 9.17) is 0 Å². The van der Waals surface area contributed by atoms with Gasteiger partial charge in [-0.05, 0) is 18.6 Å². The maximum Gasteiger partial charge on any atom is 0.253 e. The first-order valence-corrected chi connectivity index (χ1v) is 6.76. The predicted molar refractivity (Wildman–Crippen MR) is 75.6 cm³/mol. The highest BCUT2D eigenvalue weighted by molar-refractivity contribution is 7.16. The van der Waals surface area contributed by atoms with E-state index in [0.29, 0.717) is 0 Å². The van der Waals surface area contributed by atoms with E-state index in [1.807, 2.05) is 38.5 Å². The zero-order valence-electron chi connectivity index (χ0n) is 11.4. The van der Waals surface area contributed by atoms with Gasteiger partial charge in [0.05, 0.1) is 10.2 Å². The van der Waals surface area contributed by atoms with E-state index in [1.165, 1.54) is 5.56 Å². The molecule has 0 radical (unpaired) electrons. The summed E-state index contributed by atoms with van der Waals surface area (Å²) in [5, 5.41) is 0. The number of aryl methyl sites for hydroxylation is 2. The second-order valence-electron chi connectivity index (χ2n) is 5.53. The summed E-state index contributed by atoms with van der Waals surface area (Å²) in [6, 6.07) is 6.17. The molecule has 2 rings (SSSR count). The summed E-state index contributed by atoms with van der Waals surface area (Å²) in [4.78, 5) is 17.0. The number of benzene rings is 1. The number of thiazole rings is 1. The second-order valence-corrected chi connectivity index (χ2v) is 6.54. The van der Waals surface area contributed by atoms with Crippen LogP contribution in [0.2, 0.25) is 0 Å². The van der Waals surface area contributed by atoms with Crippen LogP contribution in [0.4, 0.5) is 0 Å². The molecule has 0 saturated carbocycles. The van der Waals surface area contributed by atoms with Gasteiger partial charge in [-0.3, -0.25) is 4.79 Å². The van der Waals surface area contributed by atoms with E-state index >= 15 is 0 Å². The largest absolute Gasteiger partial charge is 0.319 e. The molecule has 0 aliphatic rings. The van der Waals surface area contributed by atoms with Crippen LogP contribution in [-0.2, 0) is 11.8 Å². The first-order valence-electron chi connectivity index (χ1n) is 5.95. The van der Waals surface area contributed by atoms with Crippen molar-refractivity contribution in [1.82, 2.24) is 4.57 Å². The molecule has 0 fully saturated rings. The molecule has 96 valence electrons. The standard InChI is InChI=1S/C14H18N2OS/c1-9-7-6-8-10-11(9)16(5)13(18-10)15-12(17)14(2,3)4/h6-8H,1-5H3. The molecular weight excluding hydrogens is 244 g/mol. The van der Waals surface area contributed by atoms with Gasteiger partial charge in [0.15, 0.2) is 4.80 Å². The van der Waals surface area contributed by atoms with Crippen LogP contribution in [0.3, 0.4) is 0 Å². The molecule has 1 aromatic carbocycles. The van der Waals surface area contributed by atoms with E-state index < -0.39 is 5.41 Å². The Morgan fingerprint density at radius 2 is 2.00 bits per heavy atom. The lowest BCUT2D eigenvalue weighted by molar-refractivity contribution is -0.125. The average Bonchev–Trinajstić information content (AvgIpc) is 2.56. The molecule has 18 heavy (non-hydrogen) atoms. The summed E-state index contributed by atoms with van der Waals surface area (Å²) in [6.45, 7) is 7.73. The molecular formula is C14H18N2OS. The van der Waals surface area contributed by atoms with E-state index in [2.05, 4.69) is 24.0 Å². The second kappa shape index (κ2) is 4.35. The summed E-state index contributed by atoms with van der Waals surface area (Å²) in [6.07, 6.45) is 0. The third kappa shape index (κ3) is 2.25. The molecule has 1 amide bonds. The van der Waals surface area contributed by atoms with Gasteiger partial charge in [0, 0.05) is 12.5 Å². The molecule has 0 bridgehead atoms. The van der Waals surface area contributed by atoms with Crippen molar-refractivity contribution in [2.45, 2.75) is 27.7 Å². The number of para-hydroxylation sites is 1. The van der Waals surface area contributed by atoms with Crippen molar-refractivity contribution in [3.63, 3.8) is 0 Å². The van der Waals surface area contributed by atoms with Crippen molar-refractivity contribution in [2.75, 3.05) is 0 Å². The fourth-order valence-electron chi connectivity index (χ4n) is 1.76. The van der Waals surface area contributed by atoms with Gasteiger partial charge in [0.1, 0.15) is 0 Å². The summed E-state index contributed by atoms with van der Waals surface area (Å²) in [5.41, 5.74) is 1.93. The summed E-state index contributed by atoms with van der Waals surface area (Å²) in [7, 11) is 1.96. The van der Waals surface area contributed by atoms with Gasteiger partial charge in [-0.1, -0.05) is 44.2 Å². The Bertz CT molecular complexity index is 671. The maximum absolute atomic E-state index is 12.0. The molecule has 1 heterocycles.